The van der Waals surface area contributed by atoms with E-state index >= 15 is 0 Å². The Kier molecular flexibility index (Phi) is 7.48. The number of guanidine groups is 1. The van der Waals surface area contributed by atoms with Crippen LogP contribution in [0.5, 0.6) is 0 Å². The van der Waals surface area contributed by atoms with E-state index in [1.807, 2.05) is 0 Å². The minimum absolute atomic E-state index is 0.273. The Bertz CT molecular complexity index is 185. The third-order valence-corrected chi connectivity index (χ3v) is 1.25. The summed E-state index contributed by atoms with van der Waals surface area (Å²) in [5.41, 5.74) is 10.6. The Morgan fingerprint density at radius 1 is 1.21 bits per heavy atom. The Balaban J connectivity index is 3.94. The summed E-state index contributed by atoms with van der Waals surface area (Å²) in [6, 6.07) is 0. The second kappa shape index (κ2) is 8.27. The van der Waals surface area contributed by atoms with Crippen molar-refractivity contribution < 1.29 is 9.90 Å². The molecule has 0 radical (unpaired) electrons. The van der Waals surface area contributed by atoms with Crippen molar-refractivity contribution >= 4 is 11.9 Å². The van der Waals surface area contributed by atoms with Crippen molar-refractivity contribution in [1.29, 1.82) is 0 Å². The average Bonchev–Trinajstić information content (AvgIpc) is 2.16. The fraction of sp³-hybridized carbons (Fsp3) is 0.714. The van der Waals surface area contributed by atoms with Crippen molar-refractivity contribution in [3.05, 3.63) is 0 Å². The van der Waals surface area contributed by atoms with Gasteiger partial charge in [0.25, 0.3) is 0 Å². The van der Waals surface area contributed by atoms with Gasteiger partial charge in [-0.25, -0.2) is 4.99 Å². The van der Waals surface area contributed by atoms with Crippen molar-refractivity contribution in [3.8, 4) is 0 Å². The maximum Gasteiger partial charge on any atom is 0.325 e. The zero-order valence-corrected chi connectivity index (χ0v) is 7.99. The third-order valence-electron chi connectivity index (χ3n) is 1.25. The van der Waals surface area contributed by atoms with Gasteiger partial charge < -0.3 is 27.2 Å². The molecule has 0 aromatic rings. The maximum atomic E-state index is 10.2. The Morgan fingerprint density at radius 3 is 2.07 bits per heavy atom. The summed E-state index contributed by atoms with van der Waals surface area (Å²) in [4.78, 5) is 14.0. The summed E-state index contributed by atoms with van der Waals surface area (Å²) in [7, 11) is 0. The zero-order valence-electron chi connectivity index (χ0n) is 7.99. The highest BCUT2D eigenvalue weighted by Gasteiger charge is 1.98. The molecule has 0 aliphatic heterocycles. The molecule has 0 aromatic heterocycles. The molecule has 7 N–H and O–H groups in total. The van der Waals surface area contributed by atoms with Gasteiger partial charge in [0.15, 0.2) is 5.96 Å². The molecule has 0 saturated carbocycles. The van der Waals surface area contributed by atoms with Crippen molar-refractivity contribution in [1.82, 2.24) is 10.6 Å². The lowest BCUT2D eigenvalue weighted by molar-refractivity contribution is -0.135. The van der Waals surface area contributed by atoms with E-state index in [1.54, 1.807) is 0 Å². The number of carboxylic acids is 1. The van der Waals surface area contributed by atoms with Gasteiger partial charge in [-0.1, -0.05) is 0 Å². The molecule has 0 aliphatic rings. The van der Waals surface area contributed by atoms with Gasteiger partial charge in [0.2, 0.25) is 0 Å². The van der Waals surface area contributed by atoms with E-state index in [4.69, 9.17) is 16.6 Å². The number of nitrogens with one attached hydrogen (secondary N) is 2. The second-order valence-corrected chi connectivity index (χ2v) is 2.49. The molecule has 0 aromatic carbocycles. The molecule has 0 unspecified atom stereocenters. The Morgan fingerprint density at radius 2 is 1.71 bits per heavy atom. The number of aliphatic imine (C=N–C) groups is 1. The number of rotatable bonds is 6. The van der Waals surface area contributed by atoms with Crippen LogP contribution < -0.4 is 22.1 Å². The van der Waals surface area contributed by atoms with E-state index in [0.29, 0.717) is 32.1 Å². The molecule has 0 aliphatic carbocycles. The molecule has 0 atom stereocenters. The molecule has 82 valence electrons. The van der Waals surface area contributed by atoms with Crippen LogP contribution in [0.4, 0.5) is 0 Å². The van der Waals surface area contributed by atoms with E-state index < -0.39 is 5.97 Å². The normalized spacial score (nSPS) is 9.29. The van der Waals surface area contributed by atoms with Gasteiger partial charge in [-0.2, -0.15) is 0 Å². The van der Waals surface area contributed by atoms with Crippen molar-refractivity contribution in [2.75, 3.05) is 32.7 Å². The van der Waals surface area contributed by atoms with Gasteiger partial charge in [0, 0.05) is 26.2 Å². The van der Waals surface area contributed by atoms with Crippen LogP contribution in [0.1, 0.15) is 0 Å². The van der Waals surface area contributed by atoms with Crippen LogP contribution in [0.15, 0.2) is 4.99 Å². The van der Waals surface area contributed by atoms with E-state index in [1.165, 1.54) is 0 Å². The first-order chi connectivity index (χ1) is 6.70. The minimum atomic E-state index is -0.980. The van der Waals surface area contributed by atoms with E-state index in [0.717, 1.165) is 0 Å². The van der Waals surface area contributed by atoms with Gasteiger partial charge in [-0.15, -0.1) is 0 Å². The molecule has 0 bridgehead atoms. The summed E-state index contributed by atoms with van der Waals surface area (Å²) in [5.74, 6) is -0.560. The van der Waals surface area contributed by atoms with Gasteiger partial charge >= 0.3 is 5.97 Å². The summed E-state index contributed by atoms with van der Waals surface area (Å²) in [6.07, 6.45) is 0. The Hall–Kier alpha value is -1.34. The van der Waals surface area contributed by atoms with Crippen LogP contribution in [0, 0.1) is 0 Å². The van der Waals surface area contributed by atoms with Gasteiger partial charge in [-0.3, -0.25) is 4.79 Å². The molecular formula is C7H17N5O2. The fourth-order valence-corrected chi connectivity index (χ4v) is 0.702. The van der Waals surface area contributed by atoms with Gasteiger partial charge in [0.1, 0.15) is 6.54 Å². The van der Waals surface area contributed by atoms with E-state index in [2.05, 4.69) is 15.6 Å². The summed E-state index contributed by atoms with van der Waals surface area (Å²) < 4.78 is 0. The first-order valence-electron chi connectivity index (χ1n) is 4.34. The van der Waals surface area contributed by atoms with Crippen LogP contribution in [0.2, 0.25) is 0 Å². The predicted octanol–water partition coefficient (Wildman–Crippen LogP) is -2.48. The van der Waals surface area contributed by atoms with E-state index in [-0.39, 0.29) is 6.54 Å². The first kappa shape index (κ1) is 12.7. The fourth-order valence-electron chi connectivity index (χ4n) is 0.702. The number of nitrogens with zero attached hydrogens (tertiary/aromatic N) is 1. The largest absolute Gasteiger partial charge is 0.480 e. The van der Waals surface area contributed by atoms with Crippen LogP contribution >= 0.6 is 0 Å². The lowest BCUT2D eigenvalue weighted by Gasteiger charge is -2.10. The lowest BCUT2D eigenvalue weighted by Crippen LogP contribution is -2.42. The van der Waals surface area contributed by atoms with Crippen LogP contribution in [-0.4, -0.2) is 49.8 Å². The molecule has 0 saturated heterocycles. The zero-order chi connectivity index (χ0) is 10.8. The molecule has 0 heterocycles. The predicted molar refractivity (Wildman–Crippen MR) is 54.1 cm³/mol. The number of aliphatic carboxylic acids is 1. The van der Waals surface area contributed by atoms with Gasteiger partial charge in [0.05, 0.1) is 0 Å². The number of carboxylic acid groups (broad SMARTS) is 1. The minimum Gasteiger partial charge on any atom is -0.480 e. The summed E-state index contributed by atoms with van der Waals surface area (Å²) in [5, 5.41) is 14.1. The van der Waals surface area contributed by atoms with Crippen LogP contribution in [-0.2, 0) is 4.79 Å². The molecule has 7 heteroatoms. The summed E-state index contributed by atoms with van der Waals surface area (Å²) in [6.45, 7) is 1.71. The number of hydrogen-bond acceptors (Lipinski definition) is 4. The standard InChI is InChI=1S/C7H17N5O2/c8-1-3-10-7(11-4-2-9)12-5-6(13)14/h1-5,8-9H2,(H,13,14)(H2,10,11,12). The SMILES string of the molecule is NCCNC(=NCC(=O)O)NCCN. The number of nitrogens with two attached hydrogens (primary N) is 2. The van der Waals surface area contributed by atoms with Crippen molar-refractivity contribution in [2.24, 2.45) is 16.5 Å². The maximum absolute atomic E-state index is 10.2. The van der Waals surface area contributed by atoms with Crippen molar-refractivity contribution in [2.45, 2.75) is 0 Å². The Labute approximate surface area is 82.6 Å². The van der Waals surface area contributed by atoms with Crippen molar-refractivity contribution in [3.63, 3.8) is 0 Å². The third kappa shape index (κ3) is 7.32. The quantitative estimate of drug-likeness (QED) is 0.240. The molecule has 7 nitrogen and oxygen atoms in total. The monoisotopic (exact) mass is 203 g/mol. The first-order valence-corrected chi connectivity index (χ1v) is 4.34. The number of carbonyl (C=O) groups is 1. The molecule has 14 heavy (non-hydrogen) atoms. The van der Waals surface area contributed by atoms with E-state index in [9.17, 15) is 4.79 Å². The van der Waals surface area contributed by atoms with Gasteiger partial charge in [-0.05, 0) is 0 Å². The molecule has 0 rings (SSSR count). The molecule has 0 amide bonds. The van der Waals surface area contributed by atoms with Crippen LogP contribution in [0.3, 0.4) is 0 Å². The molecular weight excluding hydrogens is 186 g/mol. The topological polar surface area (TPSA) is 126 Å². The second-order valence-electron chi connectivity index (χ2n) is 2.49. The smallest absolute Gasteiger partial charge is 0.325 e. The molecule has 0 fully saturated rings. The highest BCUT2D eigenvalue weighted by molar-refractivity contribution is 5.82. The average molecular weight is 203 g/mol. The highest BCUT2D eigenvalue weighted by Crippen LogP contribution is 1.73. The summed E-state index contributed by atoms with van der Waals surface area (Å²) >= 11 is 0. The van der Waals surface area contributed by atoms with Crippen LogP contribution in [0.25, 0.3) is 0 Å². The molecule has 0 spiro atoms. The highest BCUT2D eigenvalue weighted by atomic mass is 16.4. The lowest BCUT2D eigenvalue weighted by atomic mass is 10.6. The number of hydrogen-bond donors (Lipinski definition) is 5.